The largest absolute Gasteiger partial charge is 0.352 e. The van der Waals surface area contributed by atoms with Gasteiger partial charge in [0.25, 0.3) is 10.0 Å². The van der Waals surface area contributed by atoms with Gasteiger partial charge in [-0.3, -0.25) is 13.9 Å². The van der Waals surface area contributed by atoms with Crippen LogP contribution >= 0.6 is 31.9 Å². The molecule has 0 radical (unpaired) electrons. The number of carbonyl (C=O) groups is 2. The van der Waals surface area contributed by atoms with E-state index in [1.165, 1.54) is 17.0 Å². The number of sulfonamides is 1. The highest BCUT2D eigenvalue weighted by Crippen LogP contribution is 2.27. The average molecular weight is 691 g/mol. The number of hydrogen-bond acceptors (Lipinski definition) is 4. The highest BCUT2D eigenvalue weighted by Gasteiger charge is 2.33. The van der Waals surface area contributed by atoms with E-state index >= 15 is 0 Å². The van der Waals surface area contributed by atoms with Crippen molar-refractivity contribution in [3.8, 4) is 0 Å². The molecule has 0 saturated heterocycles. The number of aryl methyl sites for hydroxylation is 1. The van der Waals surface area contributed by atoms with Crippen LogP contribution in [0.3, 0.4) is 0 Å². The van der Waals surface area contributed by atoms with Crippen LogP contribution < -0.4 is 9.62 Å². The topological polar surface area (TPSA) is 86.8 Å². The van der Waals surface area contributed by atoms with Crippen molar-refractivity contribution in [1.29, 1.82) is 0 Å². The summed E-state index contributed by atoms with van der Waals surface area (Å²) in [6.45, 7) is 3.26. The van der Waals surface area contributed by atoms with Gasteiger partial charge < -0.3 is 10.2 Å². The first-order valence-corrected chi connectivity index (χ1v) is 16.3. The van der Waals surface area contributed by atoms with E-state index in [1.54, 1.807) is 43.3 Å². The third-order valence-electron chi connectivity index (χ3n) is 7.11. The van der Waals surface area contributed by atoms with Gasteiger partial charge in [-0.1, -0.05) is 74.5 Å². The molecule has 7 nitrogen and oxygen atoms in total. The molecule has 1 N–H and O–H groups in total. The molecule has 0 unspecified atom stereocenters. The lowest BCUT2D eigenvalue weighted by Gasteiger charge is -2.32. The van der Waals surface area contributed by atoms with Gasteiger partial charge in [0.1, 0.15) is 12.6 Å². The maximum Gasteiger partial charge on any atom is 0.264 e. The minimum atomic E-state index is -4.09. The highest BCUT2D eigenvalue weighted by molar-refractivity contribution is 9.10. The van der Waals surface area contributed by atoms with Crippen LogP contribution in [0.2, 0.25) is 0 Å². The Bertz CT molecular complexity index is 1440. The molecule has 1 fully saturated rings. The summed E-state index contributed by atoms with van der Waals surface area (Å²) in [4.78, 5) is 28.9. The normalized spacial score (nSPS) is 14.5. The first-order chi connectivity index (χ1) is 19.0. The predicted octanol–water partition coefficient (Wildman–Crippen LogP) is 6.19. The fraction of sp³-hybridized carbons (Fsp3) is 0.333. The summed E-state index contributed by atoms with van der Waals surface area (Å²) in [6.07, 6.45) is 3.98. The maximum atomic E-state index is 14.0. The lowest BCUT2D eigenvalue weighted by Crippen LogP contribution is -2.52. The van der Waals surface area contributed by atoms with Gasteiger partial charge in [-0.25, -0.2) is 8.42 Å². The van der Waals surface area contributed by atoms with Crippen molar-refractivity contribution in [1.82, 2.24) is 10.2 Å². The third kappa shape index (κ3) is 7.53. The fourth-order valence-corrected chi connectivity index (χ4v) is 6.91. The van der Waals surface area contributed by atoms with Crippen LogP contribution in [0.1, 0.15) is 43.7 Å². The van der Waals surface area contributed by atoms with E-state index in [9.17, 15) is 18.0 Å². The van der Waals surface area contributed by atoms with Crippen LogP contribution in [0.4, 0.5) is 5.69 Å². The van der Waals surface area contributed by atoms with Crippen molar-refractivity contribution in [2.45, 2.75) is 63.1 Å². The number of rotatable bonds is 10. The van der Waals surface area contributed by atoms with Gasteiger partial charge in [-0.05, 0) is 80.8 Å². The standard InChI is InChI=1S/C30H33Br2N3O4S/c1-21-10-16-28(17-11-21)40(38,39)35(27-14-12-24(31)13-15-27)20-29(36)34(19-23-6-5-7-25(32)18-23)22(2)30(37)33-26-8-3-4-9-26/h5-7,10-18,22,26H,3-4,8-9,19-20H2,1-2H3,(H,33,37)/t22-/m0/s1. The van der Waals surface area contributed by atoms with E-state index in [1.807, 2.05) is 31.2 Å². The quantitative estimate of drug-likeness (QED) is 0.275. The van der Waals surface area contributed by atoms with Gasteiger partial charge >= 0.3 is 0 Å². The summed E-state index contributed by atoms with van der Waals surface area (Å²) in [5, 5.41) is 3.08. The summed E-state index contributed by atoms with van der Waals surface area (Å²) in [5.41, 5.74) is 2.09. The number of hydrogen-bond donors (Lipinski definition) is 1. The molecule has 0 aliphatic heterocycles. The molecule has 0 spiro atoms. The molecular formula is C30H33Br2N3O4S. The molecule has 1 saturated carbocycles. The van der Waals surface area contributed by atoms with E-state index in [0.717, 1.165) is 50.1 Å². The zero-order valence-corrected chi connectivity index (χ0v) is 26.5. The molecule has 2 amide bonds. The van der Waals surface area contributed by atoms with Crippen LogP contribution in [-0.2, 0) is 26.2 Å². The molecule has 1 aliphatic carbocycles. The summed E-state index contributed by atoms with van der Waals surface area (Å²) in [6, 6.07) is 20.1. The van der Waals surface area contributed by atoms with E-state index in [2.05, 4.69) is 37.2 Å². The Morgan fingerprint density at radius 3 is 2.23 bits per heavy atom. The second kappa shape index (κ2) is 13.3. The smallest absolute Gasteiger partial charge is 0.264 e. The number of carbonyl (C=O) groups excluding carboxylic acids is 2. The second-order valence-electron chi connectivity index (χ2n) is 10.1. The van der Waals surface area contributed by atoms with Gasteiger partial charge in [-0.15, -0.1) is 0 Å². The Hall–Kier alpha value is -2.69. The predicted molar refractivity (Wildman–Crippen MR) is 164 cm³/mol. The summed E-state index contributed by atoms with van der Waals surface area (Å²) >= 11 is 6.87. The zero-order valence-electron chi connectivity index (χ0n) is 22.5. The summed E-state index contributed by atoms with van der Waals surface area (Å²) < 4.78 is 30.5. The average Bonchev–Trinajstić information content (AvgIpc) is 3.44. The number of halogens is 2. The molecule has 40 heavy (non-hydrogen) atoms. The Kier molecular flexibility index (Phi) is 10.1. The van der Waals surface area contributed by atoms with Gasteiger partial charge in [0.15, 0.2) is 0 Å². The molecule has 4 rings (SSSR count). The van der Waals surface area contributed by atoms with Gasteiger partial charge in [-0.2, -0.15) is 0 Å². The maximum absolute atomic E-state index is 14.0. The lowest BCUT2D eigenvalue weighted by molar-refractivity contribution is -0.139. The molecule has 0 aromatic heterocycles. The van der Waals surface area contributed by atoms with Crippen LogP contribution in [0.15, 0.2) is 86.6 Å². The molecule has 0 heterocycles. The van der Waals surface area contributed by atoms with Crippen molar-refractivity contribution in [2.75, 3.05) is 10.8 Å². The van der Waals surface area contributed by atoms with Gasteiger partial charge in [0, 0.05) is 21.5 Å². The Morgan fingerprint density at radius 2 is 1.60 bits per heavy atom. The fourth-order valence-electron chi connectivity index (χ4n) is 4.78. The number of amides is 2. The van der Waals surface area contributed by atoms with E-state index < -0.39 is 28.5 Å². The first-order valence-electron chi connectivity index (χ1n) is 13.2. The minimum Gasteiger partial charge on any atom is -0.352 e. The molecule has 1 aliphatic rings. The van der Waals surface area contributed by atoms with Crippen LogP contribution in [0, 0.1) is 6.92 Å². The molecule has 0 bridgehead atoms. The molecule has 3 aromatic carbocycles. The van der Waals surface area contributed by atoms with Crippen molar-refractivity contribution >= 4 is 59.4 Å². The van der Waals surface area contributed by atoms with Gasteiger partial charge in [0.2, 0.25) is 11.8 Å². The van der Waals surface area contributed by atoms with Crippen molar-refractivity contribution in [2.24, 2.45) is 0 Å². The Morgan fingerprint density at radius 1 is 0.950 bits per heavy atom. The SMILES string of the molecule is Cc1ccc(S(=O)(=O)N(CC(=O)N(Cc2cccc(Br)c2)[C@@H](C)C(=O)NC2CCCC2)c2ccc(Br)cc2)cc1. The van der Waals surface area contributed by atoms with Crippen molar-refractivity contribution in [3.05, 3.63) is 92.9 Å². The lowest BCUT2D eigenvalue weighted by atomic mass is 10.1. The van der Waals surface area contributed by atoms with E-state index in [-0.39, 0.29) is 23.4 Å². The number of nitrogens with one attached hydrogen (secondary N) is 1. The Balaban J connectivity index is 1.68. The molecule has 10 heteroatoms. The minimum absolute atomic E-state index is 0.0828. The van der Waals surface area contributed by atoms with Crippen LogP contribution in [-0.4, -0.2) is 43.8 Å². The second-order valence-corrected chi connectivity index (χ2v) is 13.8. The molecular weight excluding hydrogens is 658 g/mol. The number of benzene rings is 3. The summed E-state index contributed by atoms with van der Waals surface area (Å²) in [7, 11) is -4.09. The summed E-state index contributed by atoms with van der Waals surface area (Å²) in [5.74, 6) is -0.723. The van der Waals surface area contributed by atoms with E-state index in [0.29, 0.717) is 5.69 Å². The van der Waals surface area contributed by atoms with Crippen LogP contribution in [0.5, 0.6) is 0 Å². The zero-order chi connectivity index (χ0) is 28.9. The van der Waals surface area contributed by atoms with Gasteiger partial charge in [0.05, 0.1) is 10.6 Å². The third-order valence-corrected chi connectivity index (χ3v) is 9.92. The Labute approximate surface area is 253 Å². The molecule has 212 valence electrons. The number of nitrogens with zero attached hydrogens (tertiary/aromatic N) is 2. The first kappa shape index (κ1) is 30.3. The monoisotopic (exact) mass is 689 g/mol. The van der Waals surface area contributed by atoms with Crippen LogP contribution in [0.25, 0.3) is 0 Å². The molecule has 1 atom stereocenters. The number of anilines is 1. The van der Waals surface area contributed by atoms with Crippen molar-refractivity contribution in [3.63, 3.8) is 0 Å². The van der Waals surface area contributed by atoms with Crippen molar-refractivity contribution < 1.29 is 18.0 Å². The highest BCUT2D eigenvalue weighted by atomic mass is 79.9. The van der Waals surface area contributed by atoms with E-state index in [4.69, 9.17) is 0 Å². The molecule has 3 aromatic rings.